The molecule has 4 nitrogen and oxygen atoms in total. The molecule has 3 aromatic rings. The summed E-state index contributed by atoms with van der Waals surface area (Å²) in [5, 5.41) is 13.5. The fourth-order valence-electron chi connectivity index (χ4n) is 2.66. The van der Waals surface area contributed by atoms with Crippen LogP contribution in [0.15, 0.2) is 54.6 Å². The third-order valence-electron chi connectivity index (χ3n) is 3.92. The van der Waals surface area contributed by atoms with E-state index in [1.54, 1.807) is 6.07 Å². The lowest BCUT2D eigenvalue weighted by molar-refractivity contribution is 0.0842. The molecule has 26 heavy (non-hydrogen) atoms. The van der Waals surface area contributed by atoms with Gasteiger partial charge in [0.25, 0.3) is 0 Å². The minimum absolute atomic E-state index is 0.0652. The molecule has 0 fully saturated rings. The van der Waals surface area contributed by atoms with Crippen LogP contribution in [0.4, 0.5) is 10.1 Å². The number of halogens is 1. The quantitative estimate of drug-likeness (QED) is 0.659. The maximum Gasteiger partial charge on any atom is 0.120 e. The number of nitrogens with one attached hydrogen (secondary N) is 1. The molecular formula is C21H23FN2O2. The van der Waals surface area contributed by atoms with Crippen LogP contribution >= 0.6 is 0 Å². The van der Waals surface area contributed by atoms with Crippen LogP contribution < -0.4 is 10.1 Å². The highest BCUT2D eigenvalue weighted by atomic mass is 19.1. The molecule has 0 saturated carbocycles. The molecule has 3 rings (SSSR count). The summed E-state index contributed by atoms with van der Waals surface area (Å²) >= 11 is 0. The van der Waals surface area contributed by atoms with Crippen molar-refractivity contribution in [2.45, 2.75) is 26.0 Å². The zero-order valence-corrected chi connectivity index (χ0v) is 14.9. The number of ether oxygens (including phenoxy) is 1. The number of fused-ring (bicyclic) bond motifs is 1. The number of hydrogen-bond acceptors (Lipinski definition) is 4. The van der Waals surface area contributed by atoms with Crippen molar-refractivity contribution in [2.24, 2.45) is 0 Å². The van der Waals surface area contributed by atoms with Crippen molar-refractivity contribution in [1.29, 1.82) is 0 Å². The first-order chi connectivity index (χ1) is 12.5. The van der Waals surface area contributed by atoms with Gasteiger partial charge in [-0.1, -0.05) is 18.2 Å². The summed E-state index contributed by atoms with van der Waals surface area (Å²) in [5.41, 5.74) is 3.88. The number of benzene rings is 2. The van der Waals surface area contributed by atoms with Gasteiger partial charge in [-0.15, -0.1) is 0 Å². The van der Waals surface area contributed by atoms with Gasteiger partial charge in [0.2, 0.25) is 0 Å². The van der Waals surface area contributed by atoms with Gasteiger partial charge in [0.15, 0.2) is 0 Å². The minimum Gasteiger partial charge on any atom is -0.491 e. The van der Waals surface area contributed by atoms with Crippen molar-refractivity contribution in [2.75, 3.05) is 18.6 Å². The number of pyridine rings is 1. The van der Waals surface area contributed by atoms with Crippen LogP contribution in [0.3, 0.4) is 0 Å². The van der Waals surface area contributed by atoms with Crippen molar-refractivity contribution in [3.8, 4) is 17.0 Å². The first-order valence-electron chi connectivity index (χ1n) is 8.70. The number of rotatable bonds is 7. The summed E-state index contributed by atoms with van der Waals surface area (Å²) in [6.45, 7) is 3.33. The summed E-state index contributed by atoms with van der Waals surface area (Å²) in [7, 11) is 0. The Labute approximate surface area is 152 Å². The number of aliphatic hydroxyl groups excluding tert-OH is 1. The molecule has 0 aliphatic heterocycles. The highest BCUT2D eigenvalue weighted by molar-refractivity contribution is 5.83. The van der Waals surface area contributed by atoms with Gasteiger partial charge in [-0.25, -0.2) is 9.37 Å². The van der Waals surface area contributed by atoms with Crippen LogP contribution in [0.5, 0.6) is 5.75 Å². The topological polar surface area (TPSA) is 54.4 Å². The Hall–Kier alpha value is -2.66. The number of anilines is 1. The van der Waals surface area contributed by atoms with Gasteiger partial charge >= 0.3 is 0 Å². The van der Waals surface area contributed by atoms with Crippen molar-refractivity contribution in [1.82, 2.24) is 4.98 Å². The van der Waals surface area contributed by atoms with Crippen LogP contribution in [0.25, 0.3) is 22.2 Å². The van der Waals surface area contributed by atoms with Gasteiger partial charge in [-0.05, 0) is 50.2 Å². The number of aliphatic hydroxyl groups is 1. The average molecular weight is 354 g/mol. The van der Waals surface area contributed by atoms with Gasteiger partial charge in [0.1, 0.15) is 25.1 Å². The monoisotopic (exact) mass is 354 g/mol. The summed E-state index contributed by atoms with van der Waals surface area (Å²) in [4.78, 5) is 4.70. The molecule has 136 valence electrons. The second-order valence-electron chi connectivity index (χ2n) is 6.55. The van der Waals surface area contributed by atoms with E-state index >= 15 is 0 Å². The Kier molecular flexibility index (Phi) is 5.68. The van der Waals surface area contributed by atoms with Gasteiger partial charge in [0.05, 0.1) is 11.2 Å². The molecule has 0 bridgehead atoms. The molecule has 1 unspecified atom stereocenters. The third kappa shape index (κ3) is 4.49. The molecule has 0 aliphatic rings. The second kappa shape index (κ2) is 8.15. The normalized spacial score (nSPS) is 12.3. The fourth-order valence-corrected chi connectivity index (χ4v) is 2.66. The van der Waals surface area contributed by atoms with Gasteiger partial charge in [0, 0.05) is 22.7 Å². The van der Waals surface area contributed by atoms with Crippen molar-refractivity contribution in [3.63, 3.8) is 0 Å². The maximum absolute atomic E-state index is 12.3. The molecule has 0 amide bonds. The van der Waals surface area contributed by atoms with E-state index in [1.165, 1.54) is 0 Å². The van der Waals surface area contributed by atoms with E-state index in [9.17, 15) is 9.50 Å². The molecule has 2 N–H and O–H groups in total. The zero-order valence-electron chi connectivity index (χ0n) is 14.9. The molecule has 0 saturated heterocycles. The molecular weight excluding hydrogens is 331 g/mol. The van der Waals surface area contributed by atoms with E-state index < -0.39 is 12.8 Å². The molecule has 0 radical (unpaired) electrons. The Bertz CT molecular complexity index is 866. The lowest BCUT2D eigenvalue weighted by atomic mass is 10.1. The average Bonchev–Trinajstić information content (AvgIpc) is 2.65. The van der Waals surface area contributed by atoms with Crippen LogP contribution in [-0.2, 0) is 0 Å². The minimum atomic E-state index is -1.10. The van der Waals surface area contributed by atoms with Crippen molar-refractivity contribution in [3.05, 3.63) is 54.6 Å². The standard InChI is InChI=1S/C21H23FN2O2/c1-14(2)23-17-6-3-15(4-7-17)20-9-5-16-11-19(8-10-21(16)24-20)26-13-18(25)12-22/h3-11,14,18,23,25H,12-13H2,1-2H3. The molecule has 1 heterocycles. The summed E-state index contributed by atoms with van der Waals surface area (Å²) in [6, 6.07) is 18.0. The number of hydrogen-bond donors (Lipinski definition) is 2. The number of aromatic nitrogens is 1. The van der Waals surface area contributed by atoms with E-state index in [0.717, 1.165) is 27.8 Å². The van der Waals surface area contributed by atoms with Crippen LogP contribution in [0, 0.1) is 0 Å². The van der Waals surface area contributed by atoms with Gasteiger partial charge < -0.3 is 15.2 Å². The summed E-state index contributed by atoms with van der Waals surface area (Å²) in [6.07, 6.45) is -1.10. The van der Waals surface area contributed by atoms with E-state index in [-0.39, 0.29) is 6.61 Å². The number of alkyl halides is 1. The Morgan fingerprint density at radius 2 is 1.85 bits per heavy atom. The summed E-state index contributed by atoms with van der Waals surface area (Å²) in [5.74, 6) is 0.587. The van der Waals surface area contributed by atoms with E-state index in [2.05, 4.69) is 31.3 Å². The molecule has 5 heteroatoms. The van der Waals surface area contributed by atoms with Crippen molar-refractivity contribution < 1.29 is 14.2 Å². The molecule has 0 aliphatic carbocycles. The van der Waals surface area contributed by atoms with Gasteiger partial charge in [-0.2, -0.15) is 0 Å². The molecule has 1 atom stereocenters. The van der Waals surface area contributed by atoms with E-state index in [1.807, 2.05) is 36.4 Å². The lowest BCUT2D eigenvalue weighted by Crippen LogP contribution is -2.19. The first kappa shape index (κ1) is 18.1. The Morgan fingerprint density at radius 3 is 2.54 bits per heavy atom. The largest absolute Gasteiger partial charge is 0.491 e. The molecule has 2 aromatic carbocycles. The predicted octanol–water partition coefficient (Wildman–Crippen LogP) is 4.43. The van der Waals surface area contributed by atoms with Gasteiger partial charge in [-0.3, -0.25) is 0 Å². The predicted molar refractivity (Wildman–Crippen MR) is 103 cm³/mol. The first-order valence-corrected chi connectivity index (χ1v) is 8.70. The lowest BCUT2D eigenvalue weighted by Gasteiger charge is -2.11. The van der Waals surface area contributed by atoms with E-state index in [0.29, 0.717) is 11.8 Å². The Morgan fingerprint density at radius 1 is 1.08 bits per heavy atom. The maximum atomic E-state index is 12.3. The van der Waals surface area contributed by atoms with Crippen molar-refractivity contribution >= 4 is 16.6 Å². The third-order valence-corrected chi connectivity index (χ3v) is 3.92. The molecule has 1 aromatic heterocycles. The molecule has 0 spiro atoms. The number of nitrogens with zero attached hydrogens (tertiary/aromatic N) is 1. The highest BCUT2D eigenvalue weighted by Crippen LogP contribution is 2.25. The van der Waals surface area contributed by atoms with Crippen LogP contribution in [0.2, 0.25) is 0 Å². The fraction of sp³-hybridized carbons (Fsp3) is 0.286. The SMILES string of the molecule is CC(C)Nc1ccc(-c2ccc3cc(OCC(O)CF)ccc3n2)cc1. The van der Waals surface area contributed by atoms with Crippen LogP contribution in [0.1, 0.15) is 13.8 Å². The van der Waals surface area contributed by atoms with E-state index in [4.69, 9.17) is 9.72 Å². The van der Waals surface area contributed by atoms with Crippen LogP contribution in [-0.4, -0.2) is 35.5 Å². The summed E-state index contributed by atoms with van der Waals surface area (Å²) < 4.78 is 17.7. The second-order valence-corrected chi connectivity index (χ2v) is 6.55. The smallest absolute Gasteiger partial charge is 0.120 e. The Balaban J connectivity index is 1.78. The highest BCUT2D eigenvalue weighted by Gasteiger charge is 2.06. The zero-order chi connectivity index (χ0) is 18.5.